The Balaban J connectivity index is 4.26. The molecule has 0 aromatic carbocycles. The maximum Gasteiger partial charge on any atom is 0.474 e. The van der Waals surface area contributed by atoms with Crippen LogP contribution in [0, 0.1) is 0 Å². The second-order valence-corrected chi connectivity index (χ2v) is 4.92. The van der Waals surface area contributed by atoms with Gasteiger partial charge >= 0.3 is 7.82 Å². The predicted octanol–water partition coefficient (Wildman–Crippen LogP) is 2.30. The first-order valence-electron chi connectivity index (χ1n) is 4.54. The molecule has 0 fully saturated rings. The van der Waals surface area contributed by atoms with Gasteiger partial charge in [-0.25, -0.2) is 4.57 Å². The minimum Gasteiger partial charge on any atom is -0.347 e. The lowest BCUT2D eigenvalue weighted by Crippen LogP contribution is -2.30. The molecule has 0 aliphatic carbocycles. The second kappa shape index (κ2) is 5.24. The van der Waals surface area contributed by atoms with Crippen molar-refractivity contribution in [3.63, 3.8) is 0 Å². The van der Waals surface area contributed by atoms with E-state index in [0.29, 0.717) is 0 Å². The number of phosphoric acid groups is 1. The second-order valence-electron chi connectivity index (χ2n) is 3.54. The van der Waals surface area contributed by atoms with Gasteiger partial charge in [0.15, 0.2) is 5.79 Å². The van der Waals surface area contributed by atoms with Crippen molar-refractivity contribution in [3.05, 3.63) is 0 Å². The van der Waals surface area contributed by atoms with E-state index in [2.05, 4.69) is 4.52 Å². The molecule has 0 heterocycles. The summed E-state index contributed by atoms with van der Waals surface area (Å²) in [6.45, 7) is 8.49. The highest BCUT2D eigenvalue weighted by Gasteiger charge is 2.32. The molecule has 1 atom stereocenters. The highest BCUT2D eigenvalue weighted by molar-refractivity contribution is 7.47. The van der Waals surface area contributed by atoms with Crippen molar-refractivity contribution in [1.82, 2.24) is 0 Å². The van der Waals surface area contributed by atoms with Gasteiger partial charge in [0.1, 0.15) is 0 Å². The van der Waals surface area contributed by atoms with Gasteiger partial charge in [-0.05, 0) is 34.6 Å². The van der Waals surface area contributed by atoms with Gasteiger partial charge in [-0.2, -0.15) is 0 Å². The molecule has 86 valence electrons. The third kappa shape index (κ3) is 6.51. The quantitative estimate of drug-likeness (QED) is 0.556. The number of hydrogen-bond acceptors (Lipinski definition) is 4. The van der Waals surface area contributed by atoms with Crippen LogP contribution in [-0.4, -0.2) is 23.4 Å². The first-order chi connectivity index (χ1) is 6.18. The van der Waals surface area contributed by atoms with E-state index in [-0.39, 0.29) is 12.7 Å². The van der Waals surface area contributed by atoms with Gasteiger partial charge in [-0.15, -0.1) is 0 Å². The molecule has 1 unspecified atom stereocenters. The molecule has 0 bridgehead atoms. The molecule has 0 saturated carbocycles. The van der Waals surface area contributed by atoms with E-state index in [1.54, 1.807) is 20.8 Å². The highest BCUT2D eigenvalue weighted by atomic mass is 31.2. The standard InChI is InChI=1S/C8H19O5P/c1-6-11-14(9,10)13-8(4,5)12-7(2)3/h7H,6H2,1-5H3,(H,9,10). The Morgan fingerprint density at radius 1 is 1.43 bits per heavy atom. The molecule has 5 nitrogen and oxygen atoms in total. The average Bonchev–Trinajstić information content (AvgIpc) is 1.78. The van der Waals surface area contributed by atoms with Crippen LogP contribution in [0.2, 0.25) is 0 Å². The van der Waals surface area contributed by atoms with E-state index >= 15 is 0 Å². The smallest absolute Gasteiger partial charge is 0.347 e. The minimum atomic E-state index is -4.00. The lowest BCUT2D eigenvalue weighted by Gasteiger charge is -2.28. The maximum atomic E-state index is 11.2. The molecular formula is C8H19O5P. The molecule has 0 aromatic rings. The number of ether oxygens (including phenoxy) is 1. The molecule has 0 spiro atoms. The summed E-state index contributed by atoms with van der Waals surface area (Å²) in [6, 6.07) is 0. The molecule has 0 aromatic heterocycles. The minimum absolute atomic E-state index is 0.0911. The van der Waals surface area contributed by atoms with E-state index in [0.717, 1.165) is 0 Å². The molecule has 0 saturated heterocycles. The molecule has 0 radical (unpaired) electrons. The van der Waals surface area contributed by atoms with Crippen molar-refractivity contribution in [3.8, 4) is 0 Å². The zero-order valence-corrected chi connectivity index (χ0v) is 10.2. The van der Waals surface area contributed by atoms with E-state index in [9.17, 15) is 9.46 Å². The van der Waals surface area contributed by atoms with Crippen LogP contribution in [0.15, 0.2) is 0 Å². The third-order valence-electron chi connectivity index (χ3n) is 1.15. The monoisotopic (exact) mass is 226 g/mol. The van der Waals surface area contributed by atoms with Crippen LogP contribution < -0.4 is 0 Å². The van der Waals surface area contributed by atoms with Crippen LogP contribution in [0.25, 0.3) is 0 Å². The van der Waals surface area contributed by atoms with Gasteiger partial charge in [-0.1, -0.05) is 0 Å². The summed E-state index contributed by atoms with van der Waals surface area (Å²) in [7, 11) is -4.00. The van der Waals surface area contributed by atoms with E-state index in [1.807, 2.05) is 13.8 Å². The Kier molecular flexibility index (Phi) is 5.26. The van der Waals surface area contributed by atoms with Crippen LogP contribution in [0.5, 0.6) is 0 Å². The summed E-state index contributed by atoms with van der Waals surface area (Å²) >= 11 is 0. The zero-order valence-electron chi connectivity index (χ0n) is 9.31. The summed E-state index contributed by atoms with van der Waals surface area (Å²) in [5.74, 6) is -1.13. The first-order valence-corrected chi connectivity index (χ1v) is 6.04. The van der Waals surface area contributed by atoms with Gasteiger partial charge in [0, 0.05) is 0 Å². The van der Waals surface area contributed by atoms with Crippen LogP contribution in [-0.2, 0) is 18.3 Å². The molecule has 1 N–H and O–H groups in total. The normalized spacial score (nSPS) is 17.1. The Morgan fingerprint density at radius 3 is 2.29 bits per heavy atom. The van der Waals surface area contributed by atoms with Crippen molar-refractivity contribution in [2.24, 2.45) is 0 Å². The fourth-order valence-electron chi connectivity index (χ4n) is 1.06. The zero-order chi connectivity index (χ0) is 11.4. The topological polar surface area (TPSA) is 65.0 Å². The average molecular weight is 226 g/mol. The van der Waals surface area contributed by atoms with Crippen molar-refractivity contribution in [2.45, 2.75) is 46.5 Å². The van der Waals surface area contributed by atoms with E-state index in [1.165, 1.54) is 0 Å². The Bertz CT molecular complexity index is 214. The van der Waals surface area contributed by atoms with E-state index in [4.69, 9.17) is 9.26 Å². The summed E-state index contributed by atoms with van der Waals surface area (Å²) in [5.41, 5.74) is 0. The summed E-state index contributed by atoms with van der Waals surface area (Å²) in [5, 5.41) is 0. The SMILES string of the molecule is CCOP(=O)(O)OC(C)(C)OC(C)C. The lowest BCUT2D eigenvalue weighted by molar-refractivity contribution is -0.188. The van der Waals surface area contributed by atoms with E-state index < -0.39 is 13.6 Å². The number of rotatable bonds is 6. The van der Waals surface area contributed by atoms with Gasteiger partial charge in [0.25, 0.3) is 0 Å². The predicted molar refractivity (Wildman–Crippen MR) is 52.8 cm³/mol. The van der Waals surface area contributed by atoms with Crippen molar-refractivity contribution >= 4 is 7.82 Å². The fraction of sp³-hybridized carbons (Fsp3) is 1.00. The van der Waals surface area contributed by atoms with Crippen LogP contribution in [0.4, 0.5) is 0 Å². The highest BCUT2D eigenvalue weighted by Crippen LogP contribution is 2.47. The molecule has 6 heteroatoms. The van der Waals surface area contributed by atoms with Gasteiger partial charge in [0.2, 0.25) is 0 Å². The van der Waals surface area contributed by atoms with Crippen LogP contribution in [0.3, 0.4) is 0 Å². The third-order valence-corrected chi connectivity index (χ3v) is 2.40. The summed E-state index contributed by atoms with van der Waals surface area (Å²) in [6.07, 6.45) is -0.0911. The van der Waals surface area contributed by atoms with Gasteiger partial charge in [0.05, 0.1) is 12.7 Å². The first kappa shape index (κ1) is 14.1. The Morgan fingerprint density at radius 2 is 1.93 bits per heavy atom. The maximum absolute atomic E-state index is 11.2. The lowest BCUT2D eigenvalue weighted by atomic mass is 10.3. The summed E-state index contributed by atoms with van der Waals surface area (Å²) < 4.78 is 25.9. The molecular weight excluding hydrogens is 207 g/mol. The van der Waals surface area contributed by atoms with Crippen molar-refractivity contribution in [2.75, 3.05) is 6.61 Å². The molecule has 14 heavy (non-hydrogen) atoms. The molecule has 0 aliphatic heterocycles. The molecule has 0 amide bonds. The van der Waals surface area contributed by atoms with Crippen molar-refractivity contribution < 1.29 is 23.2 Å². The van der Waals surface area contributed by atoms with Crippen LogP contribution in [0.1, 0.15) is 34.6 Å². The molecule has 0 rings (SSSR count). The Labute approximate surface area is 85.0 Å². The molecule has 0 aliphatic rings. The fourth-order valence-corrected chi connectivity index (χ4v) is 2.03. The number of phosphoric ester groups is 1. The van der Waals surface area contributed by atoms with Crippen LogP contribution >= 0.6 is 7.82 Å². The Hall–Kier alpha value is 0.0700. The summed E-state index contributed by atoms with van der Waals surface area (Å²) in [4.78, 5) is 9.19. The number of hydrogen-bond donors (Lipinski definition) is 1. The van der Waals surface area contributed by atoms with Crippen molar-refractivity contribution in [1.29, 1.82) is 0 Å². The largest absolute Gasteiger partial charge is 0.474 e. The van der Waals surface area contributed by atoms with Gasteiger partial charge < -0.3 is 9.63 Å². The van der Waals surface area contributed by atoms with Gasteiger partial charge in [-0.3, -0.25) is 9.05 Å².